The molecule has 0 bridgehead atoms. The monoisotopic (exact) mass is 348 g/mol. The standard InChI is InChI=1S/C12H36N2Si5/c1-16(2,3)13(17(4,5)6)15-14(18(7,8)9)19(10,11)12/h1-12H3. The fraction of sp³-hybridized carbons (Fsp3) is 1.00. The summed E-state index contributed by atoms with van der Waals surface area (Å²) in [5, 5.41) is 0. The fourth-order valence-corrected chi connectivity index (χ4v) is 26.2. The van der Waals surface area contributed by atoms with Crippen molar-refractivity contribution in [1.82, 2.24) is 7.79 Å². The van der Waals surface area contributed by atoms with Crippen LogP contribution in [0, 0.1) is 0 Å². The topological polar surface area (TPSA) is 6.48 Å². The van der Waals surface area contributed by atoms with E-state index in [9.17, 15) is 0 Å². The van der Waals surface area contributed by atoms with Crippen molar-refractivity contribution in [1.29, 1.82) is 0 Å². The maximum atomic E-state index is 2.97. The third-order valence-electron chi connectivity index (χ3n) is 2.88. The van der Waals surface area contributed by atoms with Gasteiger partial charge in [0.15, 0.2) is 0 Å². The summed E-state index contributed by atoms with van der Waals surface area (Å²) in [6.45, 7) is 30.2. The Morgan fingerprint density at radius 3 is 0.684 bits per heavy atom. The van der Waals surface area contributed by atoms with Crippen LogP contribution < -0.4 is 0 Å². The van der Waals surface area contributed by atoms with Crippen LogP contribution >= 0.6 is 0 Å². The van der Waals surface area contributed by atoms with Crippen LogP contribution in [-0.4, -0.2) is 50.6 Å². The third-order valence-corrected chi connectivity index (χ3v) is 25.9. The first-order chi connectivity index (χ1) is 7.97. The third kappa shape index (κ3) is 6.53. The fourth-order valence-electron chi connectivity index (χ4n) is 2.71. The van der Waals surface area contributed by atoms with Crippen molar-refractivity contribution in [2.24, 2.45) is 0 Å². The maximum absolute atomic E-state index is 2.97. The van der Waals surface area contributed by atoms with Crippen molar-refractivity contribution in [3.05, 3.63) is 0 Å². The van der Waals surface area contributed by atoms with Gasteiger partial charge < -0.3 is 7.79 Å². The highest BCUT2D eigenvalue weighted by Gasteiger charge is 2.42. The SMILES string of the molecule is C[Si](C)(C)N([Si]N([Si](C)(C)C)[Si](C)(C)C)[Si](C)(C)C. The smallest absolute Gasteiger partial charge is 0.221 e. The molecular weight excluding hydrogens is 313 g/mol. The van der Waals surface area contributed by atoms with Crippen LogP contribution in [0.1, 0.15) is 0 Å². The lowest BCUT2D eigenvalue weighted by Gasteiger charge is -2.51. The second kappa shape index (κ2) is 6.01. The van der Waals surface area contributed by atoms with E-state index in [1.807, 2.05) is 0 Å². The predicted octanol–water partition coefficient (Wildman–Crippen LogP) is 4.46. The lowest BCUT2D eigenvalue weighted by Crippen LogP contribution is -2.71. The largest absolute Gasteiger partial charge is 0.358 e. The van der Waals surface area contributed by atoms with Gasteiger partial charge in [-0.25, -0.2) is 0 Å². The van der Waals surface area contributed by atoms with Gasteiger partial charge in [0.25, 0.3) is 0 Å². The summed E-state index contributed by atoms with van der Waals surface area (Å²) >= 11 is 0. The average molecular weight is 349 g/mol. The van der Waals surface area contributed by atoms with Gasteiger partial charge in [-0.3, -0.25) is 0 Å². The summed E-state index contributed by atoms with van der Waals surface area (Å²) in [6, 6.07) is 0. The summed E-state index contributed by atoms with van der Waals surface area (Å²) in [5.74, 6) is 0. The van der Waals surface area contributed by atoms with Crippen LogP contribution in [-0.2, 0) is 0 Å². The number of hydrogen-bond acceptors (Lipinski definition) is 2. The van der Waals surface area contributed by atoms with Crippen molar-refractivity contribution in [2.45, 2.75) is 78.6 Å². The molecule has 0 amide bonds. The molecule has 0 aliphatic rings. The summed E-state index contributed by atoms with van der Waals surface area (Å²) in [5.41, 5.74) is 0. The lowest BCUT2D eigenvalue weighted by atomic mass is 11.8. The number of nitrogens with zero attached hydrogens (tertiary/aromatic N) is 2. The zero-order valence-electron chi connectivity index (χ0n) is 15.4. The van der Waals surface area contributed by atoms with Crippen molar-refractivity contribution in [2.75, 3.05) is 0 Å². The van der Waals surface area contributed by atoms with Crippen molar-refractivity contribution < 1.29 is 0 Å². The predicted molar refractivity (Wildman–Crippen MR) is 103 cm³/mol. The van der Waals surface area contributed by atoms with E-state index in [0.29, 0.717) is 0 Å². The van der Waals surface area contributed by atoms with E-state index >= 15 is 0 Å². The van der Waals surface area contributed by atoms with E-state index in [1.54, 1.807) is 0 Å². The van der Waals surface area contributed by atoms with E-state index in [-0.39, 0.29) is 0 Å². The molecule has 0 rings (SSSR count). The van der Waals surface area contributed by atoms with Crippen LogP contribution in [0.2, 0.25) is 78.6 Å². The highest BCUT2D eigenvalue weighted by Crippen LogP contribution is 2.24. The Hall–Kier alpha value is 1.00. The highest BCUT2D eigenvalue weighted by atomic mass is 28.5. The molecule has 0 aromatic rings. The number of rotatable bonds is 6. The Morgan fingerprint density at radius 2 is 0.579 bits per heavy atom. The van der Waals surface area contributed by atoms with Gasteiger partial charge in [-0.15, -0.1) is 0 Å². The van der Waals surface area contributed by atoms with Crippen molar-refractivity contribution in [3.8, 4) is 0 Å². The molecule has 0 aromatic carbocycles. The zero-order chi connectivity index (χ0) is 15.9. The molecule has 114 valence electrons. The minimum Gasteiger partial charge on any atom is -0.358 e. The van der Waals surface area contributed by atoms with Gasteiger partial charge in [-0.2, -0.15) is 0 Å². The molecule has 0 aliphatic carbocycles. The van der Waals surface area contributed by atoms with E-state index in [4.69, 9.17) is 0 Å². The molecule has 0 heterocycles. The zero-order valence-corrected chi connectivity index (χ0v) is 20.4. The molecule has 0 aliphatic heterocycles. The lowest BCUT2D eigenvalue weighted by molar-refractivity contribution is 0.832. The van der Waals surface area contributed by atoms with Gasteiger partial charge in [0.05, 0.1) is 0 Å². The molecule has 2 nitrogen and oxygen atoms in total. The molecule has 0 saturated heterocycles. The normalized spacial score (nSPS) is 15.5. The van der Waals surface area contributed by atoms with Gasteiger partial charge in [-0.1, -0.05) is 78.6 Å². The molecule has 19 heavy (non-hydrogen) atoms. The Kier molecular flexibility index (Phi) is 6.33. The molecule has 0 fully saturated rings. The first-order valence-electron chi connectivity index (χ1n) is 7.34. The van der Waals surface area contributed by atoms with Crippen LogP contribution in [0.15, 0.2) is 0 Å². The van der Waals surface area contributed by atoms with E-state index < -0.39 is 32.9 Å². The molecule has 0 unspecified atom stereocenters. The maximum Gasteiger partial charge on any atom is 0.221 e. The molecule has 0 N–H and O–H groups in total. The molecule has 0 saturated carbocycles. The Labute approximate surface area is 129 Å². The van der Waals surface area contributed by atoms with Crippen LogP contribution in [0.3, 0.4) is 0 Å². The second-order valence-corrected chi connectivity index (χ2v) is 32.4. The summed E-state index contributed by atoms with van der Waals surface area (Å²) in [4.78, 5) is 0. The van der Waals surface area contributed by atoms with Crippen LogP contribution in [0.5, 0.6) is 0 Å². The number of hydrogen-bond donors (Lipinski definition) is 0. The van der Waals surface area contributed by atoms with E-state index in [2.05, 4.69) is 86.4 Å². The molecule has 0 atom stereocenters. The van der Waals surface area contributed by atoms with Crippen LogP contribution in [0.4, 0.5) is 0 Å². The van der Waals surface area contributed by atoms with E-state index in [1.165, 1.54) is 0 Å². The van der Waals surface area contributed by atoms with Gasteiger partial charge in [-0.05, 0) is 0 Å². The van der Waals surface area contributed by atoms with Gasteiger partial charge in [0.1, 0.15) is 32.9 Å². The minimum atomic E-state index is -1.23. The highest BCUT2D eigenvalue weighted by molar-refractivity contribution is 7.02. The quantitative estimate of drug-likeness (QED) is 0.654. The Morgan fingerprint density at radius 1 is 0.421 bits per heavy atom. The molecule has 7 heteroatoms. The molecule has 2 radical (unpaired) electrons. The molecule has 0 aromatic heterocycles. The minimum absolute atomic E-state index is 0.934. The molecule has 0 spiro atoms. The van der Waals surface area contributed by atoms with Crippen molar-refractivity contribution >= 4 is 42.8 Å². The van der Waals surface area contributed by atoms with Crippen molar-refractivity contribution in [3.63, 3.8) is 0 Å². The summed E-state index contributed by atoms with van der Waals surface area (Å²) in [7, 11) is -4.00. The Balaban J connectivity index is 5.43. The van der Waals surface area contributed by atoms with Crippen LogP contribution in [0.25, 0.3) is 0 Å². The second-order valence-electron chi connectivity index (χ2n) is 9.45. The summed E-state index contributed by atoms with van der Waals surface area (Å²) < 4.78 is 5.94. The van der Waals surface area contributed by atoms with Gasteiger partial charge in [0, 0.05) is 0 Å². The van der Waals surface area contributed by atoms with E-state index in [0.717, 1.165) is 9.84 Å². The first kappa shape index (κ1) is 20.0. The first-order valence-corrected chi connectivity index (χ1v) is 22.0. The Bertz CT molecular complexity index is 235. The molecular formula is C12H36N2Si5. The summed E-state index contributed by atoms with van der Waals surface area (Å²) in [6.07, 6.45) is 0. The average Bonchev–Trinajstić information content (AvgIpc) is 1.91. The van der Waals surface area contributed by atoms with Gasteiger partial charge in [0.2, 0.25) is 9.84 Å². The van der Waals surface area contributed by atoms with Gasteiger partial charge >= 0.3 is 0 Å².